The van der Waals surface area contributed by atoms with E-state index in [2.05, 4.69) is 20.7 Å². The van der Waals surface area contributed by atoms with Crippen LogP contribution in [-0.4, -0.2) is 87.8 Å². The minimum absolute atomic E-state index is 0. The first-order valence-electron chi connectivity index (χ1n) is 17.1. The van der Waals surface area contributed by atoms with Crippen LogP contribution in [0.15, 0.2) is 36.4 Å². The summed E-state index contributed by atoms with van der Waals surface area (Å²) in [5, 5.41) is 7.62. The van der Waals surface area contributed by atoms with E-state index >= 15 is 0 Å². The van der Waals surface area contributed by atoms with E-state index in [1.807, 2.05) is 64.1 Å². The van der Waals surface area contributed by atoms with Crippen molar-refractivity contribution in [3.63, 3.8) is 0 Å². The SMILES string of the molecule is Cc1cccc(C)c1OCC(C)NC(=O)OCOC(=O)CCN.Cc1cccc(C)c1OCC(C)NC(=O)OCOC(=O)CCNC(=O)OC(C)(C)C.Cl. The van der Waals surface area contributed by atoms with E-state index in [1.165, 1.54) is 0 Å². The Labute approximate surface area is 323 Å². The lowest BCUT2D eigenvalue weighted by Gasteiger charge is -2.19. The predicted molar refractivity (Wildman–Crippen MR) is 203 cm³/mol. The van der Waals surface area contributed by atoms with Gasteiger partial charge in [0, 0.05) is 13.1 Å². The number of nitrogens with two attached hydrogens (primary N) is 1. The zero-order chi connectivity index (χ0) is 40.0. The third kappa shape index (κ3) is 22.2. The molecule has 2 rings (SSSR count). The summed E-state index contributed by atoms with van der Waals surface area (Å²) < 4.78 is 35.6. The summed E-state index contributed by atoms with van der Waals surface area (Å²) >= 11 is 0. The van der Waals surface area contributed by atoms with Crippen molar-refractivity contribution in [2.75, 3.05) is 39.9 Å². The van der Waals surface area contributed by atoms with Crippen molar-refractivity contribution < 1.29 is 57.1 Å². The molecule has 0 bridgehead atoms. The number of nitrogens with one attached hydrogen (secondary N) is 3. The Morgan fingerprint density at radius 2 is 1.04 bits per heavy atom. The molecule has 17 heteroatoms. The second-order valence-electron chi connectivity index (χ2n) is 13.0. The first kappa shape index (κ1) is 49.0. The second kappa shape index (κ2) is 25.9. The molecule has 2 unspecified atom stereocenters. The first-order chi connectivity index (χ1) is 24.9. The van der Waals surface area contributed by atoms with Crippen LogP contribution in [0.3, 0.4) is 0 Å². The minimum Gasteiger partial charge on any atom is -0.491 e. The molecule has 0 aliphatic heterocycles. The number of alkyl carbamates (subject to hydrolysis) is 3. The molecular weight excluding hydrogens is 728 g/mol. The molecule has 0 aliphatic rings. The third-order valence-electron chi connectivity index (χ3n) is 6.67. The number of hydrogen-bond donors (Lipinski definition) is 4. The van der Waals surface area contributed by atoms with Gasteiger partial charge in [-0.25, -0.2) is 14.4 Å². The molecule has 0 fully saturated rings. The van der Waals surface area contributed by atoms with Gasteiger partial charge in [-0.2, -0.15) is 0 Å². The number of carbonyl (C=O) groups excluding carboxylic acids is 5. The Kier molecular flexibility index (Phi) is 23.5. The molecule has 2 atom stereocenters. The Balaban J connectivity index is 0.00000106. The highest BCUT2D eigenvalue weighted by atomic mass is 35.5. The maximum Gasteiger partial charge on any atom is 0.410 e. The van der Waals surface area contributed by atoms with Crippen LogP contribution in [0.2, 0.25) is 0 Å². The van der Waals surface area contributed by atoms with Crippen LogP contribution in [-0.2, 0) is 33.3 Å². The fourth-order valence-electron chi connectivity index (χ4n) is 4.18. The molecule has 0 saturated heterocycles. The molecule has 0 aliphatic carbocycles. The lowest BCUT2D eigenvalue weighted by Crippen LogP contribution is -2.37. The number of halogens is 1. The van der Waals surface area contributed by atoms with Gasteiger partial charge in [-0.05, 0) is 84.6 Å². The van der Waals surface area contributed by atoms with E-state index in [1.54, 1.807) is 34.6 Å². The molecule has 3 amide bonds. The van der Waals surface area contributed by atoms with Crippen LogP contribution in [0.25, 0.3) is 0 Å². The standard InChI is InChI=1S/C21H32N2O7.C16H24N2O5.ClH/c1-14-8-7-9-15(2)18(14)27-12-16(3)23-20(26)29-13-28-17(24)10-11-22-19(25)30-21(4,5)6;1-11-5-4-6-12(2)15(11)21-9-13(3)18-16(20)23-10-22-14(19)7-8-17;/h7-9,16H,10-13H2,1-6H3,(H,22,25)(H,23,26);4-6,13H,7-10,17H2,1-3H3,(H,18,20);1H. The van der Waals surface area contributed by atoms with Gasteiger partial charge in [0.2, 0.25) is 13.6 Å². The summed E-state index contributed by atoms with van der Waals surface area (Å²) in [5.41, 5.74) is 8.67. The molecular formula is C37H57ClN4O12. The molecule has 0 spiro atoms. The lowest BCUT2D eigenvalue weighted by molar-refractivity contribution is -0.152. The smallest absolute Gasteiger partial charge is 0.410 e. The van der Waals surface area contributed by atoms with E-state index in [4.69, 9.17) is 34.2 Å². The van der Waals surface area contributed by atoms with Crippen molar-refractivity contribution in [1.82, 2.24) is 16.0 Å². The zero-order valence-corrected chi connectivity index (χ0v) is 33.5. The van der Waals surface area contributed by atoms with Gasteiger partial charge in [0.25, 0.3) is 0 Å². The van der Waals surface area contributed by atoms with Gasteiger partial charge in [-0.1, -0.05) is 36.4 Å². The van der Waals surface area contributed by atoms with Crippen molar-refractivity contribution >= 4 is 42.6 Å². The van der Waals surface area contributed by atoms with Gasteiger partial charge in [0.1, 0.15) is 30.3 Å². The van der Waals surface area contributed by atoms with E-state index in [-0.39, 0.29) is 57.0 Å². The number of para-hydroxylation sites is 2. The van der Waals surface area contributed by atoms with Gasteiger partial charge in [-0.15, -0.1) is 12.4 Å². The van der Waals surface area contributed by atoms with Crippen molar-refractivity contribution in [1.29, 1.82) is 0 Å². The Morgan fingerprint density at radius 1 is 0.648 bits per heavy atom. The van der Waals surface area contributed by atoms with E-state index in [0.717, 1.165) is 33.8 Å². The number of benzene rings is 2. The number of hydrogen-bond acceptors (Lipinski definition) is 13. The predicted octanol–water partition coefficient (Wildman–Crippen LogP) is 5.28. The number of ether oxygens (including phenoxy) is 7. The van der Waals surface area contributed by atoms with Crippen molar-refractivity contribution in [2.45, 2.75) is 92.8 Å². The van der Waals surface area contributed by atoms with Crippen LogP contribution >= 0.6 is 12.4 Å². The number of rotatable bonds is 17. The minimum atomic E-state index is -0.729. The number of carbonyl (C=O) groups is 5. The summed E-state index contributed by atoms with van der Waals surface area (Å²) in [6.45, 7) is 16.4. The molecule has 0 radical (unpaired) electrons. The summed E-state index contributed by atoms with van der Waals surface area (Å²) in [5.74, 6) is 0.468. The summed E-state index contributed by atoms with van der Waals surface area (Å²) in [6.07, 6.45) is -2.02. The highest BCUT2D eigenvalue weighted by molar-refractivity contribution is 5.85. The molecule has 2 aromatic rings. The molecule has 304 valence electrons. The number of aryl methyl sites for hydroxylation is 4. The van der Waals surface area contributed by atoms with Crippen LogP contribution in [0, 0.1) is 27.7 Å². The molecule has 0 saturated carbocycles. The van der Waals surface area contributed by atoms with Crippen LogP contribution in [0.1, 0.15) is 69.7 Å². The Hall–Kier alpha value is -4.96. The molecule has 5 N–H and O–H groups in total. The van der Waals surface area contributed by atoms with E-state index < -0.39 is 49.4 Å². The Morgan fingerprint density at radius 3 is 1.41 bits per heavy atom. The van der Waals surface area contributed by atoms with Crippen LogP contribution < -0.4 is 31.2 Å². The van der Waals surface area contributed by atoms with Gasteiger partial charge in [-0.3, -0.25) is 9.59 Å². The van der Waals surface area contributed by atoms with Crippen LogP contribution in [0.4, 0.5) is 14.4 Å². The van der Waals surface area contributed by atoms with Crippen molar-refractivity contribution in [3.8, 4) is 11.5 Å². The molecule has 16 nitrogen and oxygen atoms in total. The molecule has 0 aromatic heterocycles. The summed E-state index contributed by atoms with van der Waals surface area (Å²) in [7, 11) is 0. The highest BCUT2D eigenvalue weighted by Crippen LogP contribution is 2.23. The quantitative estimate of drug-likeness (QED) is 0.0915. The normalized spacial score (nSPS) is 11.4. The fraction of sp³-hybridized carbons (Fsp3) is 0.541. The van der Waals surface area contributed by atoms with Gasteiger partial charge in [0.05, 0.1) is 24.9 Å². The molecule has 2 aromatic carbocycles. The monoisotopic (exact) mass is 784 g/mol. The fourth-order valence-corrected chi connectivity index (χ4v) is 4.18. The van der Waals surface area contributed by atoms with Gasteiger partial charge >= 0.3 is 30.2 Å². The molecule has 54 heavy (non-hydrogen) atoms. The van der Waals surface area contributed by atoms with E-state index in [9.17, 15) is 24.0 Å². The maximum absolute atomic E-state index is 11.8. The maximum atomic E-state index is 11.8. The average Bonchev–Trinajstić information content (AvgIpc) is 3.04. The average molecular weight is 785 g/mol. The number of esters is 2. The highest BCUT2D eigenvalue weighted by Gasteiger charge is 2.17. The first-order valence-corrected chi connectivity index (χ1v) is 17.1. The van der Waals surface area contributed by atoms with Crippen LogP contribution in [0.5, 0.6) is 11.5 Å². The zero-order valence-electron chi connectivity index (χ0n) is 32.7. The van der Waals surface area contributed by atoms with Crippen molar-refractivity contribution in [2.24, 2.45) is 5.73 Å². The summed E-state index contributed by atoms with van der Waals surface area (Å²) in [6, 6.07) is 11.2. The number of amides is 3. The second-order valence-corrected chi connectivity index (χ2v) is 13.0. The van der Waals surface area contributed by atoms with E-state index in [0.29, 0.717) is 6.61 Å². The molecule has 0 heterocycles. The topological polar surface area (TPSA) is 212 Å². The van der Waals surface area contributed by atoms with Gasteiger partial charge < -0.3 is 54.8 Å². The Bertz CT molecular complexity index is 1440. The van der Waals surface area contributed by atoms with Gasteiger partial charge in [0.15, 0.2) is 0 Å². The van der Waals surface area contributed by atoms with Crippen molar-refractivity contribution in [3.05, 3.63) is 58.7 Å². The third-order valence-corrected chi connectivity index (χ3v) is 6.67. The largest absolute Gasteiger partial charge is 0.491 e. The lowest BCUT2D eigenvalue weighted by atomic mass is 10.1. The summed E-state index contributed by atoms with van der Waals surface area (Å²) in [4.78, 5) is 57.4.